The minimum Gasteiger partial charge on any atom is -0.481 e. The van der Waals surface area contributed by atoms with Crippen molar-refractivity contribution in [2.75, 3.05) is 6.54 Å². The molecule has 0 bridgehead atoms. The summed E-state index contributed by atoms with van der Waals surface area (Å²) >= 11 is 1.69. The van der Waals surface area contributed by atoms with Crippen LogP contribution < -0.4 is 5.32 Å². The highest BCUT2D eigenvalue weighted by molar-refractivity contribution is 7.11. The van der Waals surface area contributed by atoms with Crippen LogP contribution in [0.25, 0.3) is 0 Å². The van der Waals surface area contributed by atoms with E-state index in [0.29, 0.717) is 13.1 Å². The molecule has 0 spiro atoms. The van der Waals surface area contributed by atoms with E-state index < -0.39 is 5.97 Å². The average molecular weight is 298 g/mol. The van der Waals surface area contributed by atoms with Gasteiger partial charge in [0.15, 0.2) is 0 Å². The molecule has 2 N–H and O–H groups in total. The van der Waals surface area contributed by atoms with Crippen molar-refractivity contribution in [3.8, 4) is 0 Å². The molecule has 0 saturated heterocycles. The third-order valence-electron chi connectivity index (χ3n) is 3.08. The highest BCUT2D eigenvalue weighted by atomic mass is 32.1. The van der Waals surface area contributed by atoms with Gasteiger partial charge in [0.1, 0.15) is 0 Å². The number of urea groups is 1. The maximum atomic E-state index is 12.1. The van der Waals surface area contributed by atoms with E-state index in [4.69, 9.17) is 5.11 Å². The van der Waals surface area contributed by atoms with Gasteiger partial charge in [0.05, 0.1) is 13.0 Å². The lowest BCUT2D eigenvalue weighted by atomic mass is 10.2. The normalized spacial score (nSPS) is 11.9. The summed E-state index contributed by atoms with van der Waals surface area (Å²) in [6.07, 6.45) is 0.954. The van der Waals surface area contributed by atoms with Gasteiger partial charge in [-0.3, -0.25) is 4.79 Å². The first-order valence-electron chi connectivity index (χ1n) is 6.81. The minimum atomic E-state index is -0.894. The largest absolute Gasteiger partial charge is 0.481 e. The summed E-state index contributed by atoms with van der Waals surface area (Å²) < 4.78 is 0. The maximum absolute atomic E-state index is 12.1. The molecule has 1 aromatic rings. The van der Waals surface area contributed by atoms with Crippen molar-refractivity contribution in [1.82, 2.24) is 10.2 Å². The van der Waals surface area contributed by atoms with Gasteiger partial charge in [0.25, 0.3) is 0 Å². The van der Waals surface area contributed by atoms with Crippen LogP contribution in [-0.2, 0) is 17.8 Å². The monoisotopic (exact) mass is 298 g/mol. The second-order valence-corrected chi connectivity index (χ2v) is 5.87. The second kappa shape index (κ2) is 7.89. The van der Waals surface area contributed by atoms with Gasteiger partial charge in [-0.05, 0) is 32.4 Å². The van der Waals surface area contributed by atoms with Crippen molar-refractivity contribution in [3.05, 3.63) is 21.9 Å². The highest BCUT2D eigenvalue weighted by Gasteiger charge is 2.20. The lowest BCUT2D eigenvalue weighted by molar-refractivity contribution is -0.138. The van der Waals surface area contributed by atoms with Crippen LogP contribution in [0.5, 0.6) is 0 Å². The summed E-state index contributed by atoms with van der Waals surface area (Å²) in [5.41, 5.74) is 0. The van der Waals surface area contributed by atoms with Gasteiger partial charge in [-0.15, -0.1) is 11.3 Å². The Kier molecular flexibility index (Phi) is 6.51. The van der Waals surface area contributed by atoms with Gasteiger partial charge >= 0.3 is 12.0 Å². The maximum Gasteiger partial charge on any atom is 0.317 e. The standard InChI is InChI=1S/C14H22N2O3S/c1-4-11-6-7-12(20-11)9-15-14(19)16(5-2)10(3)8-13(17)18/h6-7,10H,4-5,8-9H2,1-3H3,(H,15,19)(H,17,18). The molecule has 0 aromatic carbocycles. The summed E-state index contributed by atoms with van der Waals surface area (Å²) in [6.45, 7) is 6.67. The molecule has 1 rings (SSSR count). The van der Waals surface area contributed by atoms with Crippen LogP contribution in [-0.4, -0.2) is 34.6 Å². The van der Waals surface area contributed by atoms with E-state index in [1.165, 1.54) is 4.88 Å². The SMILES string of the molecule is CCc1ccc(CNC(=O)N(CC)C(C)CC(=O)O)s1. The predicted octanol–water partition coefficient (Wildman–Crippen LogP) is 2.71. The van der Waals surface area contributed by atoms with Crippen molar-refractivity contribution in [1.29, 1.82) is 0 Å². The molecule has 1 aromatic heterocycles. The summed E-state index contributed by atoms with van der Waals surface area (Å²) in [5.74, 6) is -0.894. The Balaban J connectivity index is 2.52. The molecule has 1 heterocycles. The molecule has 5 nitrogen and oxygen atoms in total. The Labute approximate surface area is 123 Å². The molecule has 0 saturated carbocycles. The number of carboxylic acids is 1. The number of carboxylic acid groups (broad SMARTS) is 1. The molecular weight excluding hydrogens is 276 g/mol. The van der Waals surface area contributed by atoms with Crippen molar-refractivity contribution in [2.24, 2.45) is 0 Å². The van der Waals surface area contributed by atoms with Gasteiger partial charge < -0.3 is 15.3 Å². The van der Waals surface area contributed by atoms with E-state index in [1.54, 1.807) is 23.2 Å². The van der Waals surface area contributed by atoms with E-state index >= 15 is 0 Å². The molecule has 1 unspecified atom stereocenters. The minimum absolute atomic E-state index is 0.0414. The van der Waals surface area contributed by atoms with Crippen molar-refractivity contribution >= 4 is 23.3 Å². The van der Waals surface area contributed by atoms with E-state index in [9.17, 15) is 9.59 Å². The third kappa shape index (κ3) is 4.85. The fraction of sp³-hybridized carbons (Fsp3) is 0.571. The molecule has 6 heteroatoms. The van der Waals surface area contributed by atoms with Crippen LogP contribution in [0.4, 0.5) is 4.79 Å². The molecule has 2 amide bonds. The number of aryl methyl sites for hydroxylation is 1. The molecule has 112 valence electrons. The Bertz CT molecular complexity index is 459. The molecule has 0 fully saturated rings. The van der Waals surface area contributed by atoms with Crippen LogP contribution in [0, 0.1) is 0 Å². The highest BCUT2D eigenvalue weighted by Crippen LogP contribution is 2.16. The number of thiophene rings is 1. The number of aliphatic carboxylic acids is 1. The molecular formula is C14H22N2O3S. The van der Waals surface area contributed by atoms with E-state index in [2.05, 4.69) is 18.3 Å². The third-order valence-corrected chi connectivity index (χ3v) is 4.31. The Morgan fingerprint density at radius 2 is 2.00 bits per heavy atom. The summed E-state index contributed by atoms with van der Waals surface area (Å²) in [5, 5.41) is 11.6. The Morgan fingerprint density at radius 3 is 2.50 bits per heavy atom. The fourth-order valence-corrected chi connectivity index (χ4v) is 2.89. The van der Waals surface area contributed by atoms with Crippen molar-refractivity contribution in [2.45, 2.75) is 46.2 Å². The number of rotatable bonds is 7. The fourth-order valence-electron chi connectivity index (χ4n) is 1.99. The Hall–Kier alpha value is -1.56. The number of carbonyl (C=O) groups excluding carboxylic acids is 1. The van der Waals surface area contributed by atoms with Crippen LogP contribution >= 0.6 is 11.3 Å². The van der Waals surface area contributed by atoms with Crippen molar-refractivity contribution in [3.63, 3.8) is 0 Å². The smallest absolute Gasteiger partial charge is 0.317 e. The van der Waals surface area contributed by atoms with E-state index in [1.807, 2.05) is 13.0 Å². The molecule has 20 heavy (non-hydrogen) atoms. The lowest BCUT2D eigenvalue weighted by Gasteiger charge is -2.27. The topological polar surface area (TPSA) is 69.6 Å². The number of nitrogens with zero attached hydrogens (tertiary/aromatic N) is 1. The van der Waals surface area contributed by atoms with E-state index in [-0.39, 0.29) is 18.5 Å². The summed E-state index contributed by atoms with van der Waals surface area (Å²) in [4.78, 5) is 26.7. The second-order valence-electron chi connectivity index (χ2n) is 4.61. The van der Waals surface area contributed by atoms with Crippen LogP contribution in [0.2, 0.25) is 0 Å². The van der Waals surface area contributed by atoms with Crippen LogP contribution in [0.3, 0.4) is 0 Å². The number of hydrogen-bond acceptors (Lipinski definition) is 3. The van der Waals surface area contributed by atoms with Gasteiger partial charge in [0.2, 0.25) is 0 Å². The lowest BCUT2D eigenvalue weighted by Crippen LogP contribution is -2.45. The molecule has 1 atom stereocenters. The first kappa shape index (κ1) is 16.5. The van der Waals surface area contributed by atoms with E-state index in [0.717, 1.165) is 11.3 Å². The van der Waals surface area contributed by atoms with Crippen LogP contribution in [0.1, 0.15) is 36.9 Å². The van der Waals surface area contributed by atoms with Crippen LogP contribution in [0.15, 0.2) is 12.1 Å². The number of nitrogens with one attached hydrogen (secondary N) is 1. The molecule has 0 aliphatic heterocycles. The van der Waals surface area contributed by atoms with Gasteiger partial charge in [-0.2, -0.15) is 0 Å². The zero-order chi connectivity index (χ0) is 15.1. The number of amides is 2. The quantitative estimate of drug-likeness (QED) is 0.813. The van der Waals surface area contributed by atoms with Crippen molar-refractivity contribution < 1.29 is 14.7 Å². The average Bonchev–Trinajstić information content (AvgIpc) is 2.84. The molecule has 0 aliphatic rings. The molecule has 0 radical (unpaired) electrons. The number of hydrogen-bond donors (Lipinski definition) is 2. The van der Waals surface area contributed by atoms with Gasteiger partial charge in [-0.1, -0.05) is 6.92 Å². The van der Waals surface area contributed by atoms with Gasteiger partial charge in [-0.25, -0.2) is 4.79 Å². The number of carbonyl (C=O) groups is 2. The zero-order valence-electron chi connectivity index (χ0n) is 12.2. The first-order valence-corrected chi connectivity index (χ1v) is 7.63. The predicted molar refractivity (Wildman–Crippen MR) is 80.0 cm³/mol. The Morgan fingerprint density at radius 1 is 1.35 bits per heavy atom. The first-order chi connectivity index (χ1) is 9.47. The van der Waals surface area contributed by atoms with Gasteiger partial charge in [0, 0.05) is 22.3 Å². The summed E-state index contributed by atoms with van der Waals surface area (Å²) in [7, 11) is 0. The molecule has 0 aliphatic carbocycles. The zero-order valence-corrected chi connectivity index (χ0v) is 13.0. The summed E-state index contributed by atoms with van der Waals surface area (Å²) in [6, 6.07) is 3.55.